The molecule has 1 aromatic rings. The predicted molar refractivity (Wildman–Crippen MR) is 81.8 cm³/mol. The van der Waals surface area contributed by atoms with Gasteiger partial charge in [0.25, 0.3) is 0 Å². The molecular weight excluding hydrogens is 288 g/mol. The Kier molecular flexibility index (Phi) is 3.59. The summed E-state index contributed by atoms with van der Waals surface area (Å²) in [4.78, 5) is 14.2. The largest absolute Gasteiger partial charge is 0.308 e. The highest BCUT2D eigenvalue weighted by Crippen LogP contribution is 2.31. The van der Waals surface area contributed by atoms with E-state index < -0.39 is 9.84 Å². The molecule has 1 amide bonds. The number of nitrogens with zero attached hydrogens (tertiary/aromatic N) is 1. The van der Waals surface area contributed by atoms with E-state index in [0.29, 0.717) is 0 Å². The molecule has 5 nitrogen and oxygen atoms in total. The lowest BCUT2D eigenvalue weighted by molar-refractivity contribution is -0.118. The number of benzene rings is 1. The summed E-state index contributed by atoms with van der Waals surface area (Å²) >= 11 is 0. The van der Waals surface area contributed by atoms with E-state index in [1.807, 2.05) is 31.2 Å². The molecule has 21 heavy (non-hydrogen) atoms. The topological polar surface area (TPSA) is 66.5 Å². The Hall–Kier alpha value is -1.66. The van der Waals surface area contributed by atoms with Crippen LogP contribution in [0.3, 0.4) is 0 Å². The minimum atomic E-state index is -3.09. The molecule has 3 rings (SSSR count). The van der Waals surface area contributed by atoms with Crippen molar-refractivity contribution in [2.24, 2.45) is 0 Å². The van der Waals surface area contributed by atoms with Crippen LogP contribution in [0.2, 0.25) is 0 Å². The monoisotopic (exact) mass is 306 g/mol. The number of hydrogen-bond donors (Lipinski definition) is 1. The lowest BCUT2D eigenvalue weighted by atomic mass is 10.1. The van der Waals surface area contributed by atoms with Crippen molar-refractivity contribution < 1.29 is 13.2 Å². The van der Waals surface area contributed by atoms with Crippen LogP contribution in [-0.2, 0) is 21.1 Å². The molecule has 2 aliphatic rings. The molecule has 0 fully saturated rings. The zero-order valence-electron chi connectivity index (χ0n) is 11.8. The molecule has 0 unspecified atom stereocenters. The lowest BCUT2D eigenvalue weighted by Crippen LogP contribution is -2.44. The molecule has 0 bridgehead atoms. The van der Waals surface area contributed by atoms with Gasteiger partial charge >= 0.3 is 0 Å². The maximum Gasteiger partial charge on any atom is 0.241 e. The Morgan fingerprint density at radius 1 is 1.38 bits per heavy atom. The van der Waals surface area contributed by atoms with Crippen LogP contribution in [0.4, 0.5) is 5.69 Å². The number of fused-ring (bicyclic) bond motifs is 1. The number of para-hydroxylation sites is 1. The summed E-state index contributed by atoms with van der Waals surface area (Å²) in [6.07, 6.45) is 2.46. The number of rotatable bonds is 3. The van der Waals surface area contributed by atoms with Crippen molar-refractivity contribution in [2.75, 3.05) is 17.2 Å². The molecule has 2 atom stereocenters. The lowest BCUT2D eigenvalue weighted by Gasteiger charge is -2.23. The number of carbonyl (C=O) groups excluding carboxylic acids is 1. The Morgan fingerprint density at radius 2 is 2.14 bits per heavy atom. The molecule has 2 heterocycles. The van der Waals surface area contributed by atoms with Gasteiger partial charge in [-0.15, -0.1) is 0 Å². The molecule has 0 aromatic heterocycles. The Bertz CT molecular complexity index is 697. The van der Waals surface area contributed by atoms with Gasteiger partial charge in [-0.2, -0.15) is 0 Å². The smallest absolute Gasteiger partial charge is 0.241 e. The molecular formula is C15H18N2O3S. The van der Waals surface area contributed by atoms with Crippen molar-refractivity contribution in [2.45, 2.75) is 25.4 Å². The summed E-state index contributed by atoms with van der Waals surface area (Å²) in [5.41, 5.74) is 2.15. The number of amides is 1. The predicted octanol–water partition coefficient (Wildman–Crippen LogP) is 0.865. The van der Waals surface area contributed by atoms with Gasteiger partial charge in [-0.3, -0.25) is 4.79 Å². The van der Waals surface area contributed by atoms with Gasteiger partial charge in [0.1, 0.15) is 0 Å². The van der Waals surface area contributed by atoms with E-state index in [0.717, 1.165) is 12.1 Å². The van der Waals surface area contributed by atoms with Crippen molar-refractivity contribution in [3.8, 4) is 0 Å². The molecule has 0 aliphatic carbocycles. The third-order valence-electron chi connectivity index (χ3n) is 3.92. The fraction of sp³-hybridized carbons (Fsp3) is 0.400. The van der Waals surface area contributed by atoms with Gasteiger partial charge in [0.05, 0.1) is 12.3 Å². The molecule has 0 saturated heterocycles. The first-order valence-corrected chi connectivity index (χ1v) is 8.72. The van der Waals surface area contributed by atoms with Crippen molar-refractivity contribution >= 4 is 21.4 Å². The summed E-state index contributed by atoms with van der Waals surface area (Å²) in [6, 6.07) is 7.77. The third kappa shape index (κ3) is 2.87. The maximum absolute atomic E-state index is 12.4. The van der Waals surface area contributed by atoms with Gasteiger partial charge in [-0.1, -0.05) is 24.3 Å². The highest BCUT2D eigenvalue weighted by Gasteiger charge is 2.31. The van der Waals surface area contributed by atoms with Crippen molar-refractivity contribution in [3.63, 3.8) is 0 Å². The third-order valence-corrected chi connectivity index (χ3v) is 5.32. The van der Waals surface area contributed by atoms with E-state index in [1.54, 1.807) is 11.0 Å². The summed E-state index contributed by atoms with van der Waals surface area (Å²) in [7, 11) is -3.09. The second kappa shape index (κ2) is 5.27. The van der Waals surface area contributed by atoms with Crippen LogP contribution in [0.25, 0.3) is 0 Å². The van der Waals surface area contributed by atoms with E-state index in [-0.39, 0.29) is 30.3 Å². The van der Waals surface area contributed by atoms with Crippen LogP contribution in [-0.4, -0.2) is 38.7 Å². The van der Waals surface area contributed by atoms with Gasteiger partial charge in [0.15, 0.2) is 9.84 Å². The van der Waals surface area contributed by atoms with E-state index >= 15 is 0 Å². The minimum Gasteiger partial charge on any atom is -0.308 e. The average molecular weight is 306 g/mol. The second-order valence-electron chi connectivity index (χ2n) is 5.59. The molecule has 0 spiro atoms. The molecule has 1 N–H and O–H groups in total. The number of carbonyl (C=O) groups is 1. The first kappa shape index (κ1) is 14.3. The molecule has 0 radical (unpaired) electrons. The Morgan fingerprint density at radius 3 is 2.86 bits per heavy atom. The van der Waals surface area contributed by atoms with Crippen molar-refractivity contribution in [1.29, 1.82) is 0 Å². The summed E-state index contributed by atoms with van der Waals surface area (Å²) in [5.74, 6) is 0.0111. The Labute approximate surface area is 124 Å². The summed E-state index contributed by atoms with van der Waals surface area (Å²) < 4.78 is 22.7. The fourth-order valence-electron chi connectivity index (χ4n) is 2.95. The second-order valence-corrected chi connectivity index (χ2v) is 7.52. The highest BCUT2D eigenvalue weighted by molar-refractivity contribution is 7.94. The van der Waals surface area contributed by atoms with Gasteiger partial charge in [0, 0.05) is 23.2 Å². The molecule has 2 aliphatic heterocycles. The first-order chi connectivity index (χ1) is 9.96. The molecule has 0 saturated carbocycles. The molecule has 112 valence electrons. The zero-order chi connectivity index (χ0) is 15.0. The number of hydrogen-bond acceptors (Lipinski definition) is 4. The number of sulfone groups is 1. The van der Waals surface area contributed by atoms with Gasteiger partial charge < -0.3 is 10.2 Å². The fourth-order valence-corrected chi connectivity index (χ4v) is 4.22. The van der Waals surface area contributed by atoms with E-state index in [9.17, 15) is 13.2 Å². The van der Waals surface area contributed by atoms with Crippen LogP contribution < -0.4 is 10.2 Å². The SMILES string of the molecule is C[C@H]1Cc2ccccc2N1C(=O)CN[C@H]1C=CS(=O)(=O)C1. The van der Waals surface area contributed by atoms with Gasteiger partial charge in [-0.25, -0.2) is 8.42 Å². The molecule has 6 heteroatoms. The van der Waals surface area contributed by atoms with Crippen LogP contribution in [0.5, 0.6) is 0 Å². The summed E-state index contributed by atoms with van der Waals surface area (Å²) in [6.45, 7) is 2.17. The standard InChI is InChI=1S/C15H18N2O3S/c1-11-8-12-4-2-3-5-14(12)17(11)15(18)9-16-13-6-7-21(19,20)10-13/h2-7,11,13,16H,8-10H2,1H3/t11-,13-/m0/s1. The first-order valence-electron chi connectivity index (χ1n) is 7.00. The average Bonchev–Trinajstić information content (AvgIpc) is 2.94. The molecule has 1 aromatic carbocycles. The normalized spacial score (nSPS) is 26.0. The van der Waals surface area contributed by atoms with Gasteiger partial charge in [-0.05, 0) is 25.0 Å². The highest BCUT2D eigenvalue weighted by atomic mass is 32.2. The van der Waals surface area contributed by atoms with Crippen LogP contribution in [0.1, 0.15) is 12.5 Å². The Balaban J connectivity index is 1.65. The van der Waals surface area contributed by atoms with Crippen LogP contribution >= 0.6 is 0 Å². The van der Waals surface area contributed by atoms with Crippen LogP contribution in [0.15, 0.2) is 35.7 Å². The van der Waals surface area contributed by atoms with Crippen molar-refractivity contribution in [3.05, 3.63) is 41.3 Å². The van der Waals surface area contributed by atoms with Crippen molar-refractivity contribution in [1.82, 2.24) is 5.32 Å². The number of anilines is 1. The number of nitrogens with one attached hydrogen (secondary N) is 1. The summed E-state index contributed by atoms with van der Waals surface area (Å²) in [5, 5.41) is 4.22. The van der Waals surface area contributed by atoms with Gasteiger partial charge in [0.2, 0.25) is 5.91 Å². The van der Waals surface area contributed by atoms with Crippen LogP contribution in [0, 0.1) is 0 Å². The van der Waals surface area contributed by atoms with E-state index in [4.69, 9.17) is 0 Å². The van der Waals surface area contributed by atoms with E-state index in [1.165, 1.54) is 11.0 Å². The maximum atomic E-state index is 12.4. The zero-order valence-corrected chi connectivity index (χ0v) is 12.6. The van der Waals surface area contributed by atoms with E-state index in [2.05, 4.69) is 5.32 Å². The minimum absolute atomic E-state index is 0.0230. The quantitative estimate of drug-likeness (QED) is 0.899.